The first-order valence-electron chi connectivity index (χ1n) is 8.17. The molecule has 1 aliphatic heterocycles. The van der Waals surface area contributed by atoms with Gasteiger partial charge in [-0.05, 0) is 47.9 Å². The van der Waals surface area contributed by atoms with Gasteiger partial charge in [-0.3, -0.25) is 0 Å². The highest BCUT2D eigenvalue weighted by atomic mass is 16.6. The highest BCUT2D eigenvalue weighted by Crippen LogP contribution is 2.24. The standard InChI is InChI=1S/C15H15N5O2/c1-15(6-7-17-9-15)5-4-10-2-3-11-12(8-10)18-14(20(21)22)19-13(11)16/h2-3,8,17H,6-7,9H2,1H3,(H2,16,18,19)/i1D3. The Morgan fingerprint density at radius 2 is 2.41 bits per heavy atom. The van der Waals surface area contributed by atoms with Gasteiger partial charge in [0.15, 0.2) is 5.52 Å². The Bertz CT molecular complexity index is 911. The van der Waals surface area contributed by atoms with E-state index in [1.165, 1.54) is 0 Å². The molecule has 7 nitrogen and oxygen atoms in total. The van der Waals surface area contributed by atoms with Crippen molar-refractivity contribution >= 4 is 22.7 Å². The van der Waals surface area contributed by atoms with E-state index < -0.39 is 23.1 Å². The second-order valence-corrected chi connectivity index (χ2v) is 5.16. The first-order chi connectivity index (χ1) is 11.7. The van der Waals surface area contributed by atoms with Crippen molar-refractivity contribution < 1.29 is 9.04 Å². The maximum absolute atomic E-state index is 10.9. The zero-order valence-electron chi connectivity index (χ0n) is 14.6. The summed E-state index contributed by atoms with van der Waals surface area (Å²) in [5, 5.41) is 14.4. The van der Waals surface area contributed by atoms with Gasteiger partial charge in [-0.25, -0.2) is 0 Å². The lowest BCUT2D eigenvalue weighted by molar-refractivity contribution is -0.394. The van der Waals surface area contributed by atoms with Crippen molar-refractivity contribution in [1.29, 1.82) is 0 Å². The minimum Gasteiger partial charge on any atom is -0.390 e. The van der Waals surface area contributed by atoms with Gasteiger partial charge in [-0.1, -0.05) is 16.8 Å². The zero-order chi connectivity index (χ0) is 18.2. The SMILES string of the molecule is [2H]C([2H])([2H])C1(C#Cc2ccc3c(N)nc([N+](=O)[O-])nc3c2)CCNC1. The van der Waals surface area contributed by atoms with Crippen molar-refractivity contribution in [2.75, 3.05) is 18.8 Å². The maximum atomic E-state index is 10.9. The molecule has 3 N–H and O–H groups in total. The van der Waals surface area contributed by atoms with Crippen LogP contribution in [0.25, 0.3) is 10.9 Å². The summed E-state index contributed by atoms with van der Waals surface area (Å²) >= 11 is 0. The van der Waals surface area contributed by atoms with Crippen LogP contribution in [0, 0.1) is 27.4 Å². The van der Waals surface area contributed by atoms with Crippen LogP contribution >= 0.6 is 0 Å². The van der Waals surface area contributed by atoms with Crippen LogP contribution in [0.3, 0.4) is 0 Å². The molecule has 1 fully saturated rings. The summed E-state index contributed by atoms with van der Waals surface area (Å²) in [4.78, 5) is 17.6. The molecule has 1 atom stereocenters. The molecule has 0 amide bonds. The van der Waals surface area contributed by atoms with Crippen molar-refractivity contribution in [3.63, 3.8) is 0 Å². The highest BCUT2D eigenvalue weighted by Gasteiger charge is 2.25. The van der Waals surface area contributed by atoms with Crippen molar-refractivity contribution in [2.45, 2.75) is 13.3 Å². The molecule has 112 valence electrons. The van der Waals surface area contributed by atoms with E-state index in [4.69, 9.17) is 9.85 Å². The smallest absolute Gasteiger partial charge is 0.390 e. The summed E-state index contributed by atoms with van der Waals surface area (Å²) in [6, 6.07) is 4.83. The number of nitrogens with one attached hydrogen (secondary N) is 1. The second-order valence-electron chi connectivity index (χ2n) is 5.16. The molecule has 3 rings (SSSR count). The fourth-order valence-electron chi connectivity index (χ4n) is 2.29. The van der Waals surface area contributed by atoms with E-state index in [2.05, 4.69) is 27.1 Å². The molecule has 1 saturated heterocycles. The molecule has 1 aromatic heterocycles. The molecule has 0 spiro atoms. The third kappa shape index (κ3) is 2.69. The molecule has 7 heteroatoms. The minimum absolute atomic E-state index is 0.00941. The normalized spacial score (nSPS) is 23.2. The molecule has 0 bridgehead atoms. The van der Waals surface area contributed by atoms with Crippen LogP contribution in [0.4, 0.5) is 11.8 Å². The fourth-order valence-corrected chi connectivity index (χ4v) is 2.29. The monoisotopic (exact) mass is 300 g/mol. The number of benzene rings is 1. The number of nitrogens with zero attached hydrogens (tertiary/aromatic N) is 3. The van der Waals surface area contributed by atoms with Gasteiger partial charge in [0, 0.05) is 21.6 Å². The summed E-state index contributed by atoms with van der Waals surface area (Å²) in [6.07, 6.45) is 0.435. The van der Waals surface area contributed by atoms with E-state index in [0.29, 0.717) is 36.0 Å². The third-order valence-corrected chi connectivity index (χ3v) is 3.48. The summed E-state index contributed by atoms with van der Waals surface area (Å²) in [6.45, 7) is -1.31. The Hall–Kier alpha value is -2.72. The van der Waals surface area contributed by atoms with Crippen molar-refractivity contribution in [3.8, 4) is 11.8 Å². The number of nitrogen functional groups attached to an aromatic ring is 1. The van der Waals surface area contributed by atoms with Crippen LogP contribution in [0.1, 0.15) is 22.9 Å². The van der Waals surface area contributed by atoms with Crippen LogP contribution in [-0.4, -0.2) is 28.0 Å². The molecular formula is C15H15N5O2. The average molecular weight is 300 g/mol. The summed E-state index contributed by atoms with van der Waals surface area (Å²) < 4.78 is 23.3. The van der Waals surface area contributed by atoms with Crippen LogP contribution in [0.5, 0.6) is 0 Å². The molecule has 1 aromatic carbocycles. The maximum Gasteiger partial charge on any atom is 0.471 e. The Labute approximate surface area is 131 Å². The van der Waals surface area contributed by atoms with E-state index in [0.717, 1.165) is 0 Å². The van der Waals surface area contributed by atoms with Crippen molar-refractivity contribution in [3.05, 3.63) is 33.9 Å². The fraction of sp³-hybridized carbons (Fsp3) is 0.333. The van der Waals surface area contributed by atoms with Gasteiger partial charge >= 0.3 is 5.95 Å². The molecule has 1 aliphatic rings. The summed E-state index contributed by atoms with van der Waals surface area (Å²) in [5.74, 6) is 5.18. The first kappa shape index (κ1) is 10.9. The van der Waals surface area contributed by atoms with Gasteiger partial charge in [0.25, 0.3) is 0 Å². The van der Waals surface area contributed by atoms with E-state index in [-0.39, 0.29) is 5.82 Å². The molecular weight excluding hydrogens is 282 g/mol. The highest BCUT2D eigenvalue weighted by molar-refractivity contribution is 5.89. The number of hydrogen-bond acceptors (Lipinski definition) is 6. The van der Waals surface area contributed by atoms with Crippen LogP contribution < -0.4 is 11.1 Å². The minimum atomic E-state index is -2.20. The topological polar surface area (TPSA) is 107 Å². The Morgan fingerprint density at radius 3 is 3.09 bits per heavy atom. The quantitative estimate of drug-likeness (QED) is 0.469. The largest absolute Gasteiger partial charge is 0.471 e. The Kier molecular flexibility index (Phi) is 2.60. The average Bonchev–Trinajstić information content (AvgIpc) is 3.02. The number of hydrogen-bond donors (Lipinski definition) is 2. The predicted octanol–water partition coefficient (Wildman–Crippen LogP) is 1.47. The molecule has 0 saturated carbocycles. The van der Waals surface area contributed by atoms with E-state index in [9.17, 15) is 10.1 Å². The van der Waals surface area contributed by atoms with E-state index >= 15 is 0 Å². The van der Waals surface area contributed by atoms with Crippen LogP contribution in [-0.2, 0) is 0 Å². The van der Waals surface area contributed by atoms with E-state index in [1.54, 1.807) is 18.2 Å². The van der Waals surface area contributed by atoms with Crippen molar-refractivity contribution in [1.82, 2.24) is 15.3 Å². The molecule has 0 radical (unpaired) electrons. The van der Waals surface area contributed by atoms with Gasteiger partial charge in [-0.2, -0.15) is 0 Å². The van der Waals surface area contributed by atoms with Crippen LogP contribution in [0.2, 0.25) is 0 Å². The van der Waals surface area contributed by atoms with Gasteiger partial charge in [0.05, 0.1) is 5.39 Å². The van der Waals surface area contributed by atoms with Gasteiger partial charge < -0.3 is 21.2 Å². The Balaban J connectivity index is 2.05. The predicted molar refractivity (Wildman–Crippen MR) is 83.1 cm³/mol. The van der Waals surface area contributed by atoms with Gasteiger partial charge in [0.1, 0.15) is 0 Å². The molecule has 2 heterocycles. The molecule has 2 aromatic rings. The Morgan fingerprint density at radius 1 is 1.55 bits per heavy atom. The van der Waals surface area contributed by atoms with Gasteiger partial charge in [-0.15, -0.1) is 0 Å². The third-order valence-electron chi connectivity index (χ3n) is 3.48. The van der Waals surface area contributed by atoms with Crippen LogP contribution in [0.15, 0.2) is 18.2 Å². The number of anilines is 1. The number of aromatic nitrogens is 2. The number of nitrogens with two attached hydrogens (primary N) is 1. The lowest BCUT2D eigenvalue weighted by Crippen LogP contribution is -2.17. The first-order valence-corrected chi connectivity index (χ1v) is 6.67. The number of fused-ring (bicyclic) bond motifs is 1. The van der Waals surface area contributed by atoms with E-state index in [1.807, 2.05) is 0 Å². The lowest BCUT2D eigenvalue weighted by Gasteiger charge is -2.12. The number of nitro groups is 1. The molecule has 1 unspecified atom stereocenters. The molecule has 0 aliphatic carbocycles. The van der Waals surface area contributed by atoms with Gasteiger partial charge in [0.2, 0.25) is 5.82 Å². The second kappa shape index (κ2) is 5.24. The zero-order valence-corrected chi connectivity index (χ0v) is 11.6. The number of rotatable bonds is 1. The lowest BCUT2D eigenvalue weighted by atomic mass is 9.90. The summed E-state index contributed by atoms with van der Waals surface area (Å²) in [7, 11) is 0. The van der Waals surface area contributed by atoms with Crippen molar-refractivity contribution in [2.24, 2.45) is 5.41 Å². The summed E-state index contributed by atoms with van der Waals surface area (Å²) in [5.41, 5.74) is 5.42. The molecule has 22 heavy (non-hydrogen) atoms.